The Kier molecular flexibility index (Phi) is 3.11. The summed E-state index contributed by atoms with van der Waals surface area (Å²) < 4.78 is 0. The average Bonchev–Trinajstić information content (AvgIpc) is 2.18. The first-order valence-corrected chi connectivity index (χ1v) is 5.94. The van der Waals surface area contributed by atoms with Crippen molar-refractivity contribution >= 4 is 0 Å². The van der Waals surface area contributed by atoms with Gasteiger partial charge in [0, 0.05) is 12.6 Å². The minimum Gasteiger partial charge on any atom is -0.299 e. The van der Waals surface area contributed by atoms with Gasteiger partial charge in [-0.1, -0.05) is 38.1 Å². The molecule has 0 fully saturated rings. The maximum absolute atomic E-state index is 2.50. The second-order valence-electron chi connectivity index (χ2n) is 5.17. The van der Waals surface area contributed by atoms with Gasteiger partial charge in [-0.3, -0.25) is 4.90 Å². The zero-order valence-corrected chi connectivity index (χ0v) is 10.0. The highest BCUT2D eigenvalue weighted by Crippen LogP contribution is 2.25. The monoisotopic (exact) mass is 203 g/mol. The van der Waals surface area contributed by atoms with Crippen molar-refractivity contribution in [3.05, 3.63) is 35.4 Å². The lowest BCUT2D eigenvalue weighted by Gasteiger charge is -2.35. The Bertz CT molecular complexity index is 330. The largest absolute Gasteiger partial charge is 0.299 e. The number of fused-ring (bicyclic) bond motifs is 1. The van der Waals surface area contributed by atoms with E-state index in [-0.39, 0.29) is 0 Å². The van der Waals surface area contributed by atoms with E-state index in [0.29, 0.717) is 0 Å². The molecule has 2 rings (SSSR count). The van der Waals surface area contributed by atoms with Crippen LogP contribution in [0, 0.1) is 5.92 Å². The molecule has 0 N–H and O–H groups in total. The van der Waals surface area contributed by atoms with E-state index in [1.165, 1.54) is 18.4 Å². The van der Waals surface area contributed by atoms with Gasteiger partial charge in [0.25, 0.3) is 0 Å². The molecule has 15 heavy (non-hydrogen) atoms. The summed E-state index contributed by atoms with van der Waals surface area (Å²) in [5.41, 5.74) is 3.07. The van der Waals surface area contributed by atoms with E-state index in [1.54, 1.807) is 5.56 Å². The summed E-state index contributed by atoms with van der Waals surface area (Å²) in [6.45, 7) is 5.75. The number of hydrogen-bond acceptors (Lipinski definition) is 1. The smallest absolute Gasteiger partial charge is 0.0236 e. The topological polar surface area (TPSA) is 3.24 Å². The summed E-state index contributed by atoms with van der Waals surface area (Å²) in [6.07, 6.45) is 2.54. The van der Waals surface area contributed by atoms with Crippen molar-refractivity contribution in [1.29, 1.82) is 0 Å². The van der Waals surface area contributed by atoms with Crippen LogP contribution in [0.3, 0.4) is 0 Å². The maximum Gasteiger partial charge on any atom is 0.0236 e. The molecule has 0 amide bonds. The lowest BCUT2D eigenvalue weighted by atomic mass is 9.90. The van der Waals surface area contributed by atoms with E-state index in [1.807, 2.05) is 0 Å². The Morgan fingerprint density at radius 2 is 1.93 bits per heavy atom. The Hall–Kier alpha value is -0.820. The molecule has 0 bridgehead atoms. The second kappa shape index (κ2) is 4.36. The molecular formula is C14H21N. The minimum absolute atomic E-state index is 0.736. The van der Waals surface area contributed by atoms with E-state index in [9.17, 15) is 0 Å². The number of likely N-dealkylation sites (N-methyl/N-ethyl adjacent to an activating group) is 1. The SMILES string of the molecule is CC(C)C[C@H]1Cc2ccccc2CN1C. The van der Waals surface area contributed by atoms with Crippen LogP contribution in [-0.2, 0) is 13.0 Å². The fraction of sp³-hybridized carbons (Fsp3) is 0.571. The van der Waals surface area contributed by atoms with Crippen LogP contribution in [0.25, 0.3) is 0 Å². The van der Waals surface area contributed by atoms with Crippen molar-refractivity contribution in [2.24, 2.45) is 5.92 Å². The zero-order valence-electron chi connectivity index (χ0n) is 10.0. The van der Waals surface area contributed by atoms with Crippen LogP contribution in [-0.4, -0.2) is 18.0 Å². The molecule has 0 aromatic heterocycles. The Labute approximate surface area is 93.1 Å². The summed E-state index contributed by atoms with van der Waals surface area (Å²) in [5.74, 6) is 0.794. The quantitative estimate of drug-likeness (QED) is 0.714. The Morgan fingerprint density at radius 3 is 2.60 bits per heavy atom. The summed E-state index contributed by atoms with van der Waals surface area (Å²) >= 11 is 0. The van der Waals surface area contributed by atoms with Gasteiger partial charge in [-0.25, -0.2) is 0 Å². The predicted octanol–water partition coefficient (Wildman–Crippen LogP) is 3.09. The lowest BCUT2D eigenvalue weighted by molar-refractivity contribution is 0.189. The van der Waals surface area contributed by atoms with E-state index in [2.05, 4.69) is 50.1 Å². The van der Waals surface area contributed by atoms with Crippen LogP contribution in [0.5, 0.6) is 0 Å². The first kappa shape index (κ1) is 10.7. The Morgan fingerprint density at radius 1 is 1.27 bits per heavy atom. The first-order chi connectivity index (χ1) is 7.16. The van der Waals surface area contributed by atoms with E-state index in [0.717, 1.165) is 18.5 Å². The van der Waals surface area contributed by atoms with Gasteiger partial charge in [-0.05, 0) is 36.9 Å². The molecule has 1 atom stereocenters. The standard InChI is InChI=1S/C14H21N/c1-11(2)8-14-9-12-6-4-5-7-13(12)10-15(14)3/h4-7,11,14H,8-10H2,1-3H3/t14-/m0/s1. The van der Waals surface area contributed by atoms with Gasteiger partial charge in [0.1, 0.15) is 0 Å². The molecule has 0 radical (unpaired) electrons. The van der Waals surface area contributed by atoms with Crippen molar-refractivity contribution in [3.63, 3.8) is 0 Å². The number of rotatable bonds is 2. The third-order valence-electron chi connectivity index (χ3n) is 3.36. The van der Waals surface area contributed by atoms with Gasteiger partial charge >= 0.3 is 0 Å². The third kappa shape index (κ3) is 2.40. The van der Waals surface area contributed by atoms with Crippen molar-refractivity contribution in [2.75, 3.05) is 7.05 Å². The summed E-state index contributed by atoms with van der Waals surface area (Å²) in [7, 11) is 2.25. The van der Waals surface area contributed by atoms with Gasteiger partial charge in [0.2, 0.25) is 0 Å². The molecule has 1 heterocycles. The predicted molar refractivity (Wildman–Crippen MR) is 64.9 cm³/mol. The minimum atomic E-state index is 0.736. The zero-order chi connectivity index (χ0) is 10.8. The highest BCUT2D eigenvalue weighted by molar-refractivity contribution is 5.29. The lowest BCUT2D eigenvalue weighted by Crippen LogP contribution is -2.38. The number of nitrogens with zero attached hydrogens (tertiary/aromatic N) is 1. The molecule has 0 unspecified atom stereocenters. The van der Waals surface area contributed by atoms with E-state index >= 15 is 0 Å². The molecule has 1 aliphatic heterocycles. The summed E-state index contributed by atoms with van der Waals surface area (Å²) in [4.78, 5) is 2.50. The molecule has 0 saturated carbocycles. The molecule has 0 spiro atoms. The third-order valence-corrected chi connectivity index (χ3v) is 3.36. The molecule has 1 nitrogen and oxygen atoms in total. The highest BCUT2D eigenvalue weighted by Gasteiger charge is 2.23. The van der Waals surface area contributed by atoms with E-state index in [4.69, 9.17) is 0 Å². The molecular weight excluding hydrogens is 182 g/mol. The van der Waals surface area contributed by atoms with Crippen LogP contribution in [0.4, 0.5) is 0 Å². The van der Waals surface area contributed by atoms with Crippen molar-refractivity contribution < 1.29 is 0 Å². The summed E-state index contributed by atoms with van der Waals surface area (Å²) in [6, 6.07) is 9.60. The maximum atomic E-state index is 2.50. The molecule has 0 saturated heterocycles. The summed E-state index contributed by atoms with van der Waals surface area (Å²) in [5, 5.41) is 0. The van der Waals surface area contributed by atoms with Gasteiger partial charge in [-0.15, -0.1) is 0 Å². The van der Waals surface area contributed by atoms with E-state index < -0.39 is 0 Å². The van der Waals surface area contributed by atoms with Gasteiger partial charge in [0.15, 0.2) is 0 Å². The van der Waals surface area contributed by atoms with Crippen LogP contribution in [0.1, 0.15) is 31.4 Å². The first-order valence-electron chi connectivity index (χ1n) is 5.94. The normalized spacial score (nSPS) is 21.7. The molecule has 1 heteroatoms. The molecule has 82 valence electrons. The molecule has 1 aromatic carbocycles. The van der Waals surface area contributed by atoms with Crippen molar-refractivity contribution in [1.82, 2.24) is 4.90 Å². The second-order valence-corrected chi connectivity index (χ2v) is 5.17. The van der Waals surface area contributed by atoms with Crippen LogP contribution in [0.15, 0.2) is 24.3 Å². The van der Waals surface area contributed by atoms with Crippen LogP contribution < -0.4 is 0 Å². The van der Waals surface area contributed by atoms with Crippen molar-refractivity contribution in [3.8, 4) is 0 Å². The molecule has 0 aliphatic carbocycles. The fourth-order valence-electron chi connectivity index (χ4n) is 2.53. The van der Waals surface area contributed by atoms with Crippen LogP contribution >= 0.6 is 0 Å². The van der Waals surface area contributed by atoms with Crippen molar-refractivity contribution in [2.45, 2.75) is 39.3 Å². The highest BCUT2D eigenvalue weighted by atomic mass is 15.1. The van der Waals surface area contributed by atoms with Crippen LogP contribution in [0.2, 0.25) is 0 Å². The average molecular weight is 203 g/mol. The van der Waals surface area contributed by atoms with Gasteiger partial charge in [-0.2, -0.15) is 0 Å². The fourth-order valence-corrected chi connectivity index (χ4v) is 2.53. The number of benzene rings is 1. The van der Waals surface area contributed by atoms with Gasteiger partial charge < -0.3 is 0 Å². The molecule has 1 aromatic rings. The molecule has 1 aliphatic rings. The van der Waals surface area contributed by atoms with Gasteiger partial charge in [0.05, 0.1) is 0 Å². The number of hydrogen-bond donors (Lipinski definition) is 0. The Balaban J connectivity index is 2.14.